The highest BCUT2D eigenvalue weighted by molar-refractivity contribution is 5.94. The van der Waals surface area contributed by atoms with Crippen molar-refractivity contribution in [1.82, 2.24) is 29.5 Å². The highest BCUT2D eigenvalue weighted by Crippen LogP contribution is 2.31. The fraction of sp³-hybridized carbons (Fsp3) is 0.320. The fourth-order valence-corrected chi connectivity index (χ4v) is 5.10. The summed E-state index contributed by atoms with van der Waals surface area (Å²) in [6.07, 6.45) is 9.53. The molecular weight excluding hydrogens is 435 g/mol. The van der Waals surface area contributed by atoms with E-state index in [9.17, 15) is 14.3 Å². The van der Waals surface area contributed by atoms with Crippen molar-refractivity contribution >= 4 is 16.9 Å². The minimum absolute atomic E-state index is 0.185. The van der Waals surface area contributed by atoms with Crippen molar-refractivity contribution < 1.29 is 14.3 Å². The van der Waals surface area contributed by atoms with E-state index in [4.69, 9.17) is 0 Å². The molecule has 8 nitrogen and oxygen atoms in total. The Kier molecular flexibility index (Phi) is 5.06. The van der Waals surface area contributed by atoms with E-state index < -0.39 is 11.6 Å². The SMILES string of the molecule is O=C(c1ccc(O)c(F)c1)N1CCC(N2CC(n3cc(-c4ccnc5[nH]ccc45)cn3)C2)CC1. The number of halogens is 1. The number of rotatable bonds is 4. The zero-order valence-corrected chi connectivity index (χ0v) is 18.6. The zero-order valence-electron chi connectivity index (χ0n) is 18.6. The van der Waals surface area contributed by atoms with Crippen molar-refractivity contribution in [1.29, 1.82) is 0 Å². The first-order valence-electron chi connectivity index (χ1n) is 11.6. The predicted octanol–water partition coefficient (Wildman–Crippen LogP) is 3.43. The topological polar surface area (TPSA) is 90.3 Å². The molecule has 3 aromatic heterocycles. The zero-order chi connectivity index (χ0) is 23.2. The van der Waals surface area contributed by atoms with Crippen molar-refractivity contribution in [3.8, 4) is 16.9 Å². The van der Waals surface area contributed by atoms with E-state index in [1.807, 2.05) is 30.7 Å². The number of hydrogen-bond acceptors (Lipinski definition) is 5. The predicted molar refractivity (Wildman–Crippen MR) is 125 cm³/mol. The number of amides is 1. The van der Waals surface area contributed by atoms with Gasteiger partial charge >= 0.3 is 0 Å². The third-order valence-corrected chi connectivity index (χ3v) is 7.10. The van der Waals surface area contributed by atoms with Crippen LogP contribution in [0, 0.1) is 5.82 Å². The maximum absolute atomic E-state index is 13.6. The van der Waals surface area contributed by atoms with Crippen molar-refractivity contribution in [2.24, 2.45) is 0 Å². The van der Waals surface area contributed by atoms with Crippen LogP contribution in [-0.4, -0.2) is 72.8 Å². The van der Waals surface area contributed by atoms with Gasteiger partial charge in [-0.15, -0.1) is 0 Å². The molecule has 2 aliphatic rings. The summed E-state index contributed by atoms with van der Waals surface area (Å²) >= 11 is 0. The van der Waals surface area contributed by atoms with Gasteiger partial charge in [-0.2, -0.15) is 5.10 Å². The molecule has 6 rings (SSSR count). The van der Waals surface area contributed by atoms with E-state index >= 15 is 0 Å². The second-order valence-electron chi connectivity index (χ2n) is 9.10. The Balaban J connectivity index is 1.05. The molecule has 34 heavy (non-hydrogen) atoms. The van der Waals surface area contributed by atoms with Crippen molar-refractivity contribution in [2.75, 3.05) is 26.2 Å². The van der Waals surface area contributed by atoms with E-state index in [0.29, 0.717) is 25.2 Å². The Morgan fingerprint density at radius 3 is 2.74 bits per heavy atom. The number of pyridine rings is 1. The van der Waals surface area contributed by atoms with Crippen LogP contribution in [0.1, 0.15) is 29.2 Å². The van der Waals surface area contributed by atoms with E-state index in [1.54, 1.807) is 4.90 Å². The van der Waals surface area contributed by atoms with Crippen LogP contribution in [0.15, 0.2) is 55.1 Å². The summed E-state index contributed by atoms with van der Waals surface area (Å²) in [5.74, 6) is -1.39. The highest BCUT2D eigenvalue weighted by atomic mass is 19.1. The summed E-state index contributed by atoms with van der Waals surface area (Å²) in [5.41, 5.74) is 3.36. The number of aromatic hydroxyl groups is 1. The van der Waals surface area contributed by atoms with Crippen molar-refractivity contribution in [3.63, 3.8) is 0 Å². The molecule has 1 aromatic carbocycles. The van der Waals surface area contributed by atoms with Crippen LogP contribution < -0.4 is 0 Å². The molecule has 0 saturated carbocycles. The Hall–Kier alpha value is -3.72. The second kappa shape index (κ2) is 8.25. The van der Waals surface area contributed by atoms with Crippen LogP contribution >= 0.6 is 0 Å². The Bertz CT molecular complexity index is 1350. The molecule has 0 atom stereocenters. The minimum Gasteiger partial charge on any atom is -0.505 e. The monoisotopic (exact) mass is 460 g/mol. The average molecular weight is 461 g/mol. The lowest BCUT2D eigenvalue weighted by atomic mass is 9.97. The van der Waals surface area contributed by atoms with E-state index in [-0.39, 0.29) is 11.5 Å². The standard InChI is InChI=1S/C25H25FN6O2/c26-22-11-16(1-2-23(22)33)25(34)30-9-5-18(6-10-30)31-14-19(15-31)32-13-17(12-29-32)20-3-7-27-24-21(20)4-8-28-24/h1-4,7-8,11-13,18-19,33H,5-6,9-10,14-15H2,(H,27,28). The number of aromatic nitrogens is 4. The normalized spacial score (nSPS) is 17.9. The quantitative estimate of drug-likeness (QED) is 0.487. The van der Waals surface area contributed by atoms with E-state index in [2.05, 4.69) is 30.8 Å². The number of hydrogen-bond donors (Lipinski definition) is 2. The van der Waals surface area contributed by atoms with Crippen LogP contribution in [0.2, 0.25) is 0 Å². The number of H-pyrrole nitrogens is 1. The first kappa shape index (κ1) is 20.9. The summed E-state index contributed by atoms with van der Waals surface area (Å²) in [4.78, 5) is 24.4. The molecule has 0 bridgehead atoms. The molecule has 0 radical (unpaired) electrons. The number of benzene rings is 1. The largest absolute Gasteiger partial charge is 0.505 e. The van der Waals surface area contributed by atoms with Gasteiger partial charge in [-0.3, -0.25) is 14.4 Å². The van der Waals surface area contributed by atoms with Crippen LogP contribution in [-0.2, 0) is 0 Å². The molecular formula is C25H25FN6O2. The summed E-state index contributed by atoms with van der Waals surface area (Å²) < 4.78 is 15.7. The molecule has 0 unspecified atom stereocenters. The lowest BCUT2D eigenvalue weighted by Crippen LogP contribution is -2.56. The molecule has 9 heteroatoms. The number of piperidine rings is 1. The number of aromatic amines is 1. The third-order valence-electron chi connectivity index (χ3n) is 7.10. The molecule has 2 saturated heterocycles. The number of phenolic OH excluding ortho intramolecular Hbond substituents is 1. The lowest BCUT2D eigenvalue weighted by Gasteiger charge is -2.47. The van der Waals surface area contributed by atoms with Gasteiger partial charge < -0.3 is 15.0 Å². The summed E-state index contributed by atoms with van der Waals surface area (Å²) in [5, 5.41) is 15.1. The molecule has 1 amide bonds. The van der Waals surface area contributed by atoms with E-state index in [0.717, 1.165) is 54.2 Å². The van der Waals surface area contributed by atoms with Crippen molar-refractivity contribution in [2.45, 2.75) is 24.9 Å². The van der Waals surface area contributed by atoms with E-state index in [1.165, 1.54) is 12.1 Å². The highest BCUT2D eigenvalue weighted by Gasteiger charge is 2.36. The van der Waals surface area contributed by atoms with Crippen molar-refractivity contribution in [3.05, 3.63) is 66.5 Å². The number of likely N-dealkylation sites (tertiary alicyclic amines) is 2. The van der Waals surface area contributed by atoms with Gasteiger partial charge in [0.1, 0.15) is 5.65 Å². The van der Waals surface area contributed by atoms with Gasteiger partial charge in [0.25, 0.3) is 5.91 Å². The van der Waals surface area contributed by atoms with Gasteiger partial charge in [-0.1, -0.05) is 0 Å². The Morgan fingerprint density at radius 1 is 1.12 bits per heavy atom. The number of fused-ring (bicyclic) bond motifs is 1. The average Bonchev–Trinajstić information content (AvgIpc) is 3.50. The first-order valence-corrected chi connectivity index (χ1v) is 11.6. The maximum Gasteiger partial charge on any atom is 0.253 e. The fourth-order valence-electron chi connectivity index (χ4n) is 5.10. The molecule has 2 aliphatic heterocycles. The van der Waals surface area contributed by atoms with Gasteiger partial charge in [0.2, 0.25) is 0 Å². The Morgan fingerprint density at radius 2 is 1.94 bits per heavy atom. The van der Waals surface area contributed by atoms with Gasteiger partial charge in [0.15, 0.2) is 11.6 Å². The molecule has 4 aromatic rings. The van der Waals surface area contributed by atoms with Crippen LogP contribution in [0.25, 0.3) is 22.2 Å². The second-order valence-corrected chi connectivity index (χ2v) is 9.10. The summed E-state index contributed by atoms with van der Waals surface area (Å²) in [7, 11) is 0. The van der Waals surface area contributed by atoms with Gasteiger partial charge in [0, 0.05) is 67.3 Å². The molecule has 2 N–H and O–H groups in total. The van der Waals surface area contributed by atoms with Crippen LogP contribution in [0.4, 0.5) is 4.39 Å². The van der Waals surface area contributed by atoms with Gasteiger partial charge in [-0.25, -0.2) is 9.37 Å². The molecule has 0 aliphatic carbocycles. The number of nitrogens with zero attached hydrogens (tertiary/aromatic N) is 5. The molecule has 5 heterocycles. The number of carbonyl (C=O) groups is 1. The molecule has 2 fully saturated rings. The lowest BCUT2D eigenvalue weighted by molar-refractivity contribution is 0.0198. The number of carbonyl (C=O) groups excluding carboxylic acids is 1. The smallest absolute Gasteiger partial charge is 0.253 e. The number of phenols is 1. The Labute approximate surface area is 195 Å². The third kappa shape index (κ3) is 3.62. The molecule has 174 valence electrons. The number of nitrogens with one attached hydrogen (secondary N) is 1. The maximum atomic E-state index is 13.6. The van der Waals surface area contributed by atoms with Gasteiger partial charge in [0.05, 0.1) is 12.2 Å². The summed E-state index contributed by atoms with van der Waals surface area (Å²) in [6.45, 7) is 3.18. The first-order chi connectivity index (χ1) is 16.6. The van der Waals surface area contributed by atoms with Crippen LogP contribution in [0.3, 0.4) is 0 Å². The molecule has 0 spiro atoms. The van der Waals surface area contributed by atoms with Gasteiger partial charge in [-0.05, 0) is 48.7 Å². The summed E-state index contributed by atoms with van der Waals surface area (Å²) in [6, 6.07) is 8.64. The minimum atomic E-state index is -0.768. The van der Waals surface area contributed by atoms with Crippen LogP contribution in [0.5, 0.6) is 5.75 Å².